The fraction of sp³-hybridized carbons (Fsp3) is 0.667. The van der Waals surface area contributed by atoms with Gasteiger partial charge in [0.2, 0.25) is 0 Å². The molecular formula is C12H17NO5. The van der Waals surface area contributed by atoms with Crippen LogP contribution in [-0.4, -0.2) is 37.4 Å². The molecule has 2 heterocycles. The third-order valence-corrected chi connectivity index (χ3v) is 2.75. The smallest absolute Gasteiger partial charge is 0.394 e. The molecule has 6 nitrogen and oxygen atoms in total. The van der Waals surface area contributed by atoms with Gasteiger partial charge in [-0.1, -0.05) is 0 Å². The number of hydrogen-bond donors (Lipinski definition) is 0. The summed E-state index contributed by atoms with van der Waals surface area (Å²) in [6, 6.07) is 0. The molecule has 0 saturated carbocycles. The van der Waals surface area contributed by atoms with Crippen LogP contribution in [0, 0.1) is 5.92 Å². The normalized spacial score (nSPS) is 16.5. The topological polar surface area (TPSA) is 70.8 Å². The van der Waals surface area contributed by atoms with E-state index in [-0.39, 0.29) is 11.8 Å². The van der Waals surface area contributed by atoms with Gasteiger partial charge in [0.15, 0.2) is 5.69 Å². The first-order chi connectivity index (χ1) is 8.79. The summed E-state index contributed by atoms with van der Waals surface area (Å²) in [4.78, 5) is 15.3. The number of aromatic nitrogens is 1. The summed E-state index contributed by atoms with van der Waals surface area (Å²) in [6.45, 7) is 4.12. The Hall–Kier alpha value is -1.56. The molecule has 6 heteroatoms. The van der Waals surface area contributed by atoms with E-state index in [1.54, 1.807) is 6.92 Å². The van der Waals surface area contributed by atoms with Gasteiger partial charge in [-0.15, -0.1) is 0 Å². The summed E-state index contributed by atoms with van der Waals surface area (Å²) >= 11 is 0. The number of carbonyl (C=O) groups is 1. The van der Waals surface area contributed by atoms with Crippen LogP contribution in [0.2, 0.25) is 0 Å². The van der Waals surface area contributed by atoms with Gasteiger partial charge in [0, 0.05) is 13.2 Å². The predicted molar refractivity (Wildman–Crippen MR) is 61.5 cm³/mol. The lowest BCUT2D eigenvalue weighted by Crippen LogP contribution is -2.21. The Morgan fingerprint density at radius 3 is 3.00 bits per heavy atom. The maximum absolute atomic E-state index is 11.3. The van der Waals surface area contributed by atoms with Crippen LogP contribution in [0.4, 0.5) is 0 Å². The highest BCUT2D eigenvalue weighted by atomic mass is 16.6. The molecule has 0 aromatic carbocycles. The Balaban J connectivity index is 1.80. The van der Waals surface area contributed by atoms with E-state index < -0.39 is 5.97 Å². The van der Waals surface area contributed by atoms with Crippen molar-refractivity contribution < 1.29 is 23.4 Å². The van der Waals surface area contributed by atoms with E-state index >= 15 is 0 Å². The molecule has 100 valence electrons. The standard InChI is InChI=1S/C12H17NO5/c1-2-16-11(14)10-8-18-12(13-10)17-7-9-3-5-15-6-4-9/h8-9H,2-7H2,1H3. The first-order valence-electron chi connectivity index (χ1n) is 6.12. The molecule has 0 radical (unpaired) electrons. The van der Waals surface area contributed by atoms with Crippen molar-refractivity contribution in [2.45, 2.75) is 19.8 Å². The fourth-order valence-corrected chi connectivity index (χ4v) is 1.72. The van der Waals surface area contributed by atoms with Crippen LogP contribution in [0.25, 0.3) is 0 Å². The zero-order chi connectivity index (χ0) is 12.8. The first-order valence-corrected chi connectivity index (χ1v) is 6.12. The van der Waals surface area contributed by atoms with Crippen LogP contribution in [0.15, 0.2) is 10.7 Å². The Bertz CT molecular complexity index is 384. The number of nitrogens with zero attached hydrogens (tertiary/aromatic N) is 1. The molecular weight excluding hydrogens is 238 g/mol. The average Bonchev–Trinajstić information content (AvgIpc) is 2.87. The molecule has 1 fully saturated rings. The maximum Gasteiger partial charge on any atom is 0.394 e. The zero-order valence-electron chi connectivity index (χ0n) is 10.4. The largest absolute Gasteiger partial charge is 0.461 e. The summed E-state index contributed by atoms with van der Waals surface area (Å²) in [7, 11) is 0. The van der Waals surface area contributed by atoms with Crippen LogP contribution in [-0.2, 0) is 9.47 Å². The lowest BCUT2D eigenvalue weighted by Gasteiger charge is -2.20. The fourth-order valence-electron chi connectivity index (χ4n) is 1.72. The van der Waals surface area contributed by atoms with Gasteiger partial charge in [-0.05, 0) is 25.7 Å². The number of rotatable bonds is 5. The van der Waals surface area contributed by atoms with E-state index in [2.05, 4.69) is 4.98 Å². The molecule has 2 rings (SSSR count). The highest BCUT2D eigenvalue weighted by Gasteiger charge is 2.17. The third kappa shape index (κ3) is 3.46. The average molecular weight is 255 g/mol. The third-order valence-electron chi connectivity index (χ3n) is 2.75. The van der Waals surface area contributed by atoms with Crippen LogP contribution in [0.5, 0.6) is 6.08 Å². The number of esters is 1. The van der Waals surface area contributed by atoms with Crippen molar-refractivity contribution in [3.05, 3.63) is 12.0 Å². The van der Waals surface area contributed by atoms with Gasteiger partial charge < -0.3 is 18.6 Å². The molecule has 1 saturated heterocycles. The number of carbonyl (C=O) groups excluding carboxylic acids is 1. The van der Waals surface area contributed by atoms with Gasteiger partial charge in [0.05, 0.1) is 13.2 Å². The number of hydrogen-bond acceptors (Lipinski definition) is 6. The van der Waals surface area contributed by atoms with Crippen molar-refractivity contribution >= 4 is 5.97 Å². The molecule has 0 aliphatic carbocycles. The zero-order valence-corrected chi connectivity index (χ0v) is 10.4. The molecule has 0 N–H and O–H groups in total. The lowest BCUT2D eigenvalue weighted by atomic mass is 10.0. The van der Waals surface area contributed by atoms with E-state index in [0.717, 1.165) is 26.1 Å². The minimum absolute atomic E-state index is 0.115. The van der Waals surface area contributed by atoms with Crippen molar-refractivity contribution in [1.29, 1.82) is 0 Å². The predicted octanol–water partition coefficient (Wildman–Crippen LogP) is 1.66. The molecule has 0 amide bonds. The molecule has 0 unspecified atom stereocenters. The van der Waals surface area contributed by atoms with Gasteiger partial charge in [-0.2, -0.15) is 4.98 Å². The van der Waals surface area contributed by atoms with Gasteiger partial charge in [0.1, 0.15) is 6.26 Å². The number of ether oxygens (including phenoxy) is 3. The first kappa shape index (κ1) is 12.9. The second kappa shape index (κ2) is 6.39. The van der Waals surface area contributed by atoms with E-state index in [1.807, 2.05) is 0 Å². The van der Waals surface area contributed by atoms with Gasteiger partial charge in [-0.3, -0.25) is 0 Å². The molecule has 1 aliphatic heterocycles. The Morgan fingerprint density at radius 2 is 2.28 bits per heavy atom. The summed E-state index contributed by atoms with van der Waals surface area (Å²) in [5.74, 6) is -0.0427. The molecule has 1 aromatic rings. The van der Waals surface area contributed by atoms with Crippen LogP contribution >= 0.6 is 0 Å². The van der Waals surface area contributed by atoms with E-state index in [4.69, 9.17) is 18.6 Å². The SMILES string of the molecule is CCOC(=O)c1coc(OCC2CCOCC2)n1. The van der Waals surface area contributed by atoms with Gasteiger partial charge in [0.25, 0.3) is 0 Å². The Labute approximate surface area is 105 Å². The molecule has 0 spiro atoms. The van der Waals surface area contributed by atoms with E-state index in [1.165, 1.54) is 6.26 Å². The van der Waals surface area contributed by atoms with Crippen molar-refractivity contribution in [3.8, 4) is 6.08 Å². The summed E-state index contributed by atoms with van der Waals surface area (Å²) < 4.78 is 20.5. The molecule has 1 aliphatic rings. The van der Waals surface area contributed by atoms with Crippen LogP contribution in [0.1, 0.15) is 30.3 Å². The second-order valence-electron chi connectivity index (χ2n) is 4.09. The molecule has 18 heavy (non-hydrogen) atoms. The van der Waals surface area contributed by atoms with Crippen LogP contribution < -0.4 is 4.74 Å². The van der Waals surface area contributed by atoms with Crippen molar-refractivity contribution in [2.24, 2.45) is 5.92 Å². The second-order valence-corrected chi connectivity index (χ2v) is 4.09. The summed E-state index contributed by atoms with van der Waals surface area (Å²) in [5.41, 5.74) is 0.138. The van der Waals surface area contributed by atoms with Gasteiger partial charge in [-0.25, -0.2) is 4.79 Å². The van der Waals surface area contributed by atoms with Crippen molar-refractivity contribution in [2.75, 3.05) is 26.4 Å². The van der Waals surface area contributed by atoms with E-state index in [0.29, 0.717) is 19.1 Å². The Kier molecular flexibility index (Phi) is 4.58. The molecule has 0 atom stereocenters. The van der Waals surface area contributed by atoms with Crippen molar-refractivity contribution in [1.82, 2.24) is 4.98 Å². The highest BCUT2D eigenvalue weighted by molar-refractivity contribution is 5.86. The Morgan fingerprint density at radius 1 is 1.50 bits per heavy atom. The molecule has 0 bridgehead atoms. The van der Waals surface area contributed by atoms with E-state index in [9.17, 15) is 4.79 Å². The monoisotopic (exact) mass is 255 g/mol. The van der Waals surface area contributed by atoms with Gasteiger partial charge >= 0.3 is 12.0 Å². The van der Waals surface area contributed by atoms with Crippen LogP contribution in [0.3, 0.4) is 0 Å². The number of oxazole rings is 1. The highest BCUT2D eigenvalue weighted by Crippen LogP contribution is 2.17. The maximum atomic E-state index is 11.3. The summed E-state index contributed by atoms with van der Waals surface area (Å²) in [6.07, 6.45) is 3.32. The minimum Gasteiger partial charge on any atom is -0.461 e. The van der Waals surface area contributed by atoms with Crippen molar-refractivity contribution in [3.63, 3.8) is 0 Å². The molecule has 1 aromatic heterocycles. The summed E-state index contributed by atoms with van der Waals surface area (Å²) in [5, 5.41) is 0. The quantitative estimate of drug-likeness (QED) is 0.745. The minimum atomic E-state index is -0.498. The lowest BCUT2D eigenvalue weighted by molar-refractivity contribution is 0.0444.